The standard InChI is InChI=1S/C11H18/c1-4-11(5-2)8-6-10(3)7-9-11/h4-5,10H,1-2,6-9H2,3H3. The summed E-state index contributed by atoms with van der Waals surface area (Å²) in [5.74, 6) is 0.906. The molecule has 0 aromatic carbocycles. The zero-order chi connectivity index (χ0) is 8.32. The summed E-state index contributed by atoms with van der Waals surface area (Å²) in [5.41, 5.74) is 0.270. The van der Waals surface area contributed by atoms with Crippen LogP contribution in [0, 0.1) is 11.3 Å². The van der Waals surface area contributed by atoms with Crippen LogP contribution in [0.5, 0.6) is 0 Å². The maximum Gasteiger partial charge on any atom is 0.00558 e. The van der Waals surface area contributed by atoms with Crippen LogP contribution < -0.4 is 0 Å². The van der Waals surface area contributed by atoms with Crippen LogP contribution in [0.1, 0.15) is 32.6 Å². The van der Waals surface area contributed by atoms with Gasteiger partial charge in [-0.05, 0) is 31.6 Å². The molecule has 0 radical (unpaired) electrons. The molecular weight excluding hydrogens is 132 g/mol. The Morgan fingerprint density at radius 2 is 1.64 bits per heavy atom. The third-order valence-corrected chi connectivity index (χ3v) is 3.02. The second kappa shape index (κ2) is 3.25. The minimum atomic E-state index is 0.270. The van der Waals surface area contributed by atoms with Crippen molar-refractivity contribution in [3.8, 4) is 0 Å². The van der Waals surface area contributed by atoms with E-state index in [9.17, 15) is 0 Å². The average molecular weight is 150 g/mol. The van der Waals surface area contributed by atoms with Gasteiger partial charge in [0.1, 0.15) is 0 Å². The molecule has 1 aliphatic rings. The average Bonchev–Trinajstić information content (AvgIpc) is 2.07. The maximum absolute atomic E-state index is 3.88. The van der Waals surface area contributed by atoms with E-state index in [0.717, 1.165) is 5.92 Å². The van der Waals surface area contributed by atoms with Crippen LogP contribution >= 0.6 is 0 Å². The minimum Gasteiger partial charge on any atom is -0.102 e. The predicted octanol–water partition coefficient (Wildman–Crippen LogP) is 3.55. The summed E-state index contributed by atoms with van der Waals surface area (Å²) in [6, 6.07) is 0. The van der Waals surface area contributed by atoms with Gasteiger partial charge in [-0.2, -0.15) is 0 Å². The van der Waals surface area contributed by atoms with E-state index in [4.69, 9.17) is 0 Å². The van der Waals surface area contributed by atoms with Gasteiger partial charge in [-0.3, -0.25) is 0 Å². The Hall–Kier alpha value is -0.520. The van der Waals surface area contributed by atoms with Gasteiger partial charge in [-0.15, -0.1) is 13.2 Å². The Morgan fingerprint density at radius 1 is 1.18 bits per heavy atom. The lowest BCUT2D eigenvalue weighted by molar-refractivity contribution is 0.265. The summed E-state index contributed by atoms with van der Waals surface area (Å²) in [5, 5.41) is 0. The van der Waals surface area contributed by atoms with Crippen molar-refractivity contribution in [3.63, 3.8) is 0 Å². The van der Waals surface area contributed by atoms with E-state index in [1.807, 2.05) is 0 Å². The van der Waals surface area contributed by atoms with E-state index in [-0.39, 0.29) is 5.41 Å². The lowest BCUT2D eigenvalue weighted by atomic mass is 9.71. The van der Waals surface area contributed by atoms with Gasteiger partial charge in [0.2, 0.25) is 0 Å². The van der Waals surface area contributed by atoms with Gasteiger partial charge in [0.05, 0.1) is 0 Å². The van der Waals surface area contributed by atoms with E-state index in [1.54, 1.807) is 0 Å². The topological polar surface area (TPSA) is 0 Å². The van der Waals surface area contributed by atoms with Crippen LogP contribution in [0.15, 0.2) is 25.3 Å². The van der Waals surface area contributed by atoms with Crippen molar-refractivity contribution in [1.29, 1.82) is 0 Å². The molecule has 0 N–H and O–H groups in total. The zero-order valence-corrected chi connectivity index (χ0v) is 7.47. The van der Waals surface area contributed by atoms with Crippen LogP contribution in [-0.4, -0.2) is 0 Å². The fourth-order valence-electron chi connectivity index (χ4n) is 1.79. The molecule has 1 aliphatic carbocycles. The molecule has 0 unspecified atom stereocenters. The molecule has 0 saturated heterocycles. The third-order valence-electron chi connectivity index (χ3n) is 3.02. The van der Waals surface area contributed by atoms with E-state index in [2.05, 4.69) is 32.2 Å². The van der Waals surface area contributed by atoms with Crippen molar-refractivity contribution >= 4 is 0 Å². The van der Waals surface area contributed by atoms with Gasteiger partial charge in [0.15, 0.2) is 0 Å². The minimum absolute atomic E-state index is 0.270. The second-order valence-electron chi connectivity index (χ2n) is 3.82. The highest BCUT2D eigenvalue weighted by Crippen LogP contribution is 2.40. The maximum atomic E-state index is 3.88. The lowest BCUT2D eigenvalue weighted by Crippen LogP contribution is -2.21. The van der Waals surface area contributed by atoms with E-state index in [0.29, 0.717) is 0 Å². The number of allylic oxidation sites excluding steroid dienone is 2. The summed E-state index contributed by atoms with van der Waals surface area (Å²) < 4.78 is 0. The highest BCUT2D eigenvalue weighted by molar-refractivity contribution is 5.07. The Balaban J connectivity index is 2.59. The summed E-state index contributed by atoms with van der Waals surface area (Å²) in [7, 11) is 0. The van der Waals surface area contributed by atoms with Gasteiger partial charge in [0.25, 0.3) is 0 Å². The SMILES string of the molecule is C=CC1(C=C)CCC(C)CC1. The molecule has 0 heterocycles. The summed E-state index contributed by atoms with van der Waals surface area (Å²) >= 11 is 0. The van der Waals surface area contributed by atoms with Gasteiger partial charge >= 0.3 is 0 Å². The van der Waals surface area contributed by atoms with Crippen molar-refractivity contribution in [2.45, 2.75) is 32.6 Å². The third kappa shape index (κ3) is 1.74. The second-order valence-corrected chi connectivity index (χ2v) is 3.82. The van der Waals surface area contributed by atoms with Crippen molar-refractivity contribution in [3.05, 3.63) is 25.3 Å². The Kier molecular flexibility index (Phi) is 2.53. The first-order chi connectivity index (χ1) is 5.22. The first kappa shape index (κ1) is 8.58. The van der Waals surface area contributed by atoms with Gasteiger partial charge in [0, 0.05) is 5.41 Å². The van der Waals surface area contributed by atoms with Crippen molar-refractivity contribution in [1.82, 2.24) is 0 Å². The lowest BCUT2D eigenvalue weighted by Gasteiger charge is -2.34. The molecule has 0 heteroatoms. The zero-order valence-electron chi connectivity index (χ0n) is 7.47. The van der Waals surface area contributed by atoms with Crippen LogP contribution in [-0.2, 0) is 0 Å². The molecule has 62 valence electrons. The number of hydrogen-bond acceptors (Lipinski definition) is 0. The Bertz CT molecular complexity index is 137. The quantitative estimate of drug-likeness (QED) is 0.528. The van der Waals surface area contributed by atoms with Crippen molar-refractivity contribution in [2.75, 3.05) is 0 Å². The molecule has 0 bridgehead atoms. The molecule has 0 spiro atoms. The largest absolute Gasteiger partial charge is 0.102 e. The van der Waals surface area contributed by atoms with Crippen LogP contribution in [0.2, 0.25) is 0 Å². The van der Waals surface area contributed by atoms with Crippen molar-refractivity contribution < 1.29 is 0 Å². The molecule has 1 saturated carbocycles. The Morgan fingerprint density at radius 3 is 2.00 bits per heavy atom. The molecule has 0 aliphatic heterocycles. The highest BCUT2D eigenvalue weighted by atomic mass is 14.3. The fraction of sp³-hybridized carbons (Fsp3) is 0.636. The number of hydrogen-bond donors (Lipinski definition) is 0. The predicted molar refractivity (Wildman–Crippen MR) is 50.5 cm³/mol. The summed E-state index contributed by atoms with van der Waals surface area (Å²) in [6.45, 7) is 10.1. The van der Waals surface area contributed by atoms with E-state index in [1.165, 1.54) is 25.7 Å². The first-order valence-corrected chi connectivity index (χ1v) is 4.49. The molecule has 1 rings (SSSR count). The van der Waals surface area contributed by atoms with E-state index >= 15 is 0 Å². The molecule has 0 aromatic rings. The molecule has 0 atom stereocenters. The summed E-state index contributed by atoms with van der Waals surface area (Å²) in [4.78, 5) is 0. The van der Waals surface area contributed by atoms with Crippen LogP contribution in [0.3, 0.4) is 0 Å². The van der Waals surface area contributed by atoms with Crippen LogP contribution in [0.25, 0.3) is 0 Å². The normalized spacial score (nSPS) is 24.5. The van der Waals surface area contributed by atoms with E-state index < -0.39 is 0 Å². The van der Waals surface area contributed by atoms with Crippen LogP contribution in [0.4, 0.5) is 0 Å². The van der Waals surface area contributed by atoms with Gasteiger partial charge in [-0.25, -0.2) is 0 Å². The monoisotopic (exact) mass is 150 g/mol. The number of rotatable bonds is 2. The highest BCUT2D eigenvalue weighted by Gasteiger charge is 2.27. The van der Waals surface area contributed by atoms with Crippen molar-refractivity contribution in [2.24, 2.45) is 11.3 Å². The summed E-state index contributed by atoms with van der Waals surface area (Å²) in [6.07, 6.45) is 9.32. The molecule has 1 fully saturated rings. The molecule has 11 heavy (non-hydrogen) atoms. The Labute approximate surface area is 70.0 Å². The molecule has 0 amide bonds. The smallest absolute Gasteiger partial charge is 0.00558 e. The molecule has 0 nitrogen and oxygen atoms in total. The first-order valence-electron chi connectivity index (χ1n) is 4.49. The molecular formula is C11H18. The van der Waals surface area contributed by atoms with Gasteiger partial charge in [-0.1, -0.05) is 19.1 Å². The molecule has 0 aromatic heterocycles. The fourth-order valence-corrected chi connectivity index (χ4v) is 1.79. The van der Waals surface area contributed by atoms with Gasteiger partial charge < -0.3 is 0 Å².